The van der Waals surface area contributed by atoms with Crippen LogP contribution in [0.4, 0.5) is 8.78 Å². The zero-order valence-electron chi connectivity index (χ0n) is 10.8. The number of carbonyl (C=O) groups is 1. The molecule has 1 atom stereocenters. The number of nitrogens with two attached hydrogens (primary N) is 1. The molecule has 1 aromatic rings. The molecule has 18 heavy (non-hydrogen) atoms. The van der Waals surface area contributed by atoms with Crippen LogP contribution in [-0.2, 0) is 11.2 Å². The lowest BCUT2D eigenvalue weighted by atomic mass is 9.94. The Morgan fingerprint density at radius 2 is 2.00 bits per heavy atom. The van der Waals surface area contributed by atoms with Gasteiger partial charge in [0.05, 0.1) is 6.04 Å². The van der Waals surface area contributed by atoms with Gasteiger partial charge in [-0.2, -0.15) is 0 Å². The van der Waals surface area contributed by atoms with E-state index in [-0.39, 0.29) is 5.91 Å². The lowest BCUT2D eigenvalue weighted by molar-refractivity contribution is -0.123. The third-order valence-corrected chi connectivity index (χ3v) is 2.51. The predicted molar refractivity (Wildman–Crippen MR) is 65.9 cm³/mol. The summed E-state index contributed by atoms with van der Waals surface area (Å²) in [6.45, 7) is 5.19. The second kappa shape index (κ2) is 5.44. The van der Waals surface area contributed by atoms with Crippen molar-refractivity contribution in [2.24, 2.45) is 5.73 Å². The summed E-state index contributed by atoms with van der Waals surface area (Å²) in [6.07, 6.45) is 0.392. The molecule has 0 bridgehead atoms. The maximum Gasteiger partial charge on any atom is 0.237 e. The molecule has 0 radical (unpaired) electrons. The van der Waals surface area contributed by atoms with E-state index in [1.165, 1.54) is 6.07 Å². The van der Waals surface area contributed by atoms with Crippen LogP contribution in [-0.4, -0.2) is 17.5 Å². The fourth-order valence-electron chi connectivity index (χ4n) is 1.65. The molecule has 0 heterocycles. The van der Waals surface area contributed by atoms with Gasteiger partial charge in [0.25, 0.3) is 0 Å². The van der Waals surface area contributed by atoms with Crippen LogP contribution in [0, 0.1) is 11.6 Å². The number of amides is 1. The van der Waals surface area contributed by atoms with Crippen LogP contribution in [0.25, 0.3) is 0 Å². The molecular weight excluding hydrogens is 238 g/mol. The van der Waals surface area contributed by atoms with E-state index in [1.807, 2.05) is 0 Å². The van der Waals surface area contributed by atoms with E-state index in [4.69, 9.17) is 5.73 Å². The maximum atomic E-state index is 13.1. The van der Waals surface area contributed by atoms with Crippen molar-refractivity contribution in [3.63, 3.8) is 0 Å². The number of nitrogens with one attached hydrogen (secondary N) is 1. The number of benzene rings is 1. The van der Waals surface area contributed by atoms with Crippen LogP contribution >= 0.6 is 0 Å². The van der Waals surface area contributed by atoms with E-state index < -0.39 is 23.2 Å². The van der Waals surface area contributed by atoms with Crippen molar-refractivity contribution in [1.82, 2.24) is 5.32 Å². The lowest BCUT2D eigenvalue weighted by Crippen LogP contribution is -2.50. The van der Waals surface area contributed by atoms with E-state index in [1.54, 1.807) is 20.8 Å². The minimum atomic E-state index is -0.887. The molecule has 1 amide bonds. The highest BCUT2D eigenvalue weighted by atomic mass is 19.2. The molecule has 100 valence electrons. The largest absolute Gasteiger partial charge is 0.350 e. The molecule has 5 heteroatoms. The van der Waals surface area contributed by atoms with Gasteiger partial charge in [-0.05, 0) is 44.9 Å². The highest BCUT2D eigenvalue weighted by Crippen LogP contribution is 2.15. The summed E-state index contributed by atoms with van der Waals surface area (Å²) in [7, 11) is 0. The van der Waals surface area contributed by atoms with Crippen LogP contribution in [0.15, 0.2) is 18.2 Å². The van der Waals surface area contributed by atoms with Gasteiger partial charge in [-0.25, -0.2) is 8.78 Å². The van der Waals surface area contributed by atoms with Crippen molar-refractivity contribution < 1.29 is 13.6 Å². The zero-order chi connectivity index (χ0) is 13.9. The van der Waals surface area contributed by atoms with Gasteiger partial charge in [-0.1, -0.05) is 6.07 Å². The second-order valence-electron chi connectivity index (χ2n) is 5.09. The van der Waals surface area contributed by atoms with Crippen LogP contribution in [0.2, 0.25) is 0 Å². The summed E-state index contributed by atoms with van der Waals surface area (Å²) < 4.78 is 25.8. The quantitative estimate of drug-likeness (QED) is 0.862. The molecule has 0 aliphatic rings. The minimum Gasteiger partial charge on any atom is -0.350 e. The second-order valence-corrected chi connectivity index (χ2v) is 5.09. The first-order valence-electron chi connectivity index (χ1n) is 5.73. The fourth-order valence-corrected chi connectivity index (χ4v) is 1.65. The fraction of sp³-hybridized carbons (Fsp3) is 0.462. The molecule has 0 unspecified atom stereocenters. The minimum absolute atomic E-state index is 0.275. The van der Waals surface area contributed by atoms with Crippen molar-refractivity contribution in [2.75, 3.05) is 0 Å². The van der Waals surface area contributed by atoms with E-state index in [2.05, 4.69) is 5.32 Å². The molecule has 1 rings (SSSR count). The van der Waals surface area contributed by atoms with Gasteiger partial charge in [0.1, 0.15) is 0 Å². The molecule has 3 N–H and O–H groups in total. The topological polar surface area (TPSA) is 55.1 Å². The summed E-state index contributed by atoms with van der Waals surface area (Å²) in [6, 6.07) is 3.11. The zero-order valence-corrected chi connectivity index (χ0v) is 10.8. The normalized spacial score (nSPS) is 13.2. The molecule has 1 aromatic carbocycles. The molecule has 0 fully saturated rings. The Balaban J connectivity index is 2.75. The van der Waals surface area contributed by atoms with Gasteiger partial charge in [0.2, 0.25) is 5.91 Å². The molecule has 0 aliphatic carbocycles. The van der Waals surface area contributed by atoms with Crippen LogP contribution in [0.3, 0.4) is 0 Å². The number of carbonyl (C=O) groups excluding carboxylic acids is 1. The molecule has 0 saturated heterocycles. The Bertz CT molecular complexity index is 445. The SMILES string of the molecule is C[C@H](N)C(=O)NC(C)(C)Cc1ccc(F)c(F)c1. The van der Waals surface area contributed by atoms with Gasteiger partial charge in [0.15, 0.2) is 11.6 Å². The van der Waals surface area contributed by atoms with E-state index in [0.29, 0.717) is 12.0 Å². The highest BCUT2D eigenvalue weighted by molar-refractivity contribution is 5.81. The highest BCUT2D eigenvalue weighted by Gasteiger charge is 2.22. The van der Waals surface area contributed by atoms with Crippen molar-refractivity contribution in [3.05, 3.63) is 35.4 Å². The molecular formula is C13H18F2N2O. The number of rotatable bonds is 4. The molecule has 0 saturated carbocycles. The summed E-state index contributed by atoms with van der Waals surface area (Å²) in [5, 5.41) is 2.76. The monoisotopic (exact) mass is 256 g/mol. The smallest absolute Gasteiger partial charge is 0.237 e. The number of halogens is 2. The van der Waals surface area contributed by atoms with Gasteiger partial charge in [0, 0.05) is 5.54 Å². The summed E-state index contributed by atoms with van der Waals surface area (Å²) in [5.41, 5.74) is 5.50. The van der Waals surface area contributed by atoms with Gasteiger partial charge in [-0.15, -0.1) is 0 Å². The Morgan fingerprint density at radius 3 is 2.50 bits per heavy atom. The van der Waals surface area contributed by atoms with Gasteiger partial charge in [-0.3, -0.25) is 4.79 Å². The first-order valence-corrected chi connectivity index (χ1v) is 5.73. The average molecular weight is 256 g/mol. The van der Waals surface area contributed by atoms with Crippen LogP contribution in [0.1, 0.15) is 26.3 Å². The van der Waals surface area contributed by atoms with Crippen LogP contribution in [0.5, 0.6) is 0 Å². The first kappa shape index (κ1) is 14.6. The average Bonchev–Trinajstić information content (AvgIpc) is 2.22. The van der Waals surface area contributed by atoms with E-state index in [0.717, 1.165) is 12.1 Å². The Morgan fingerprint density at radius 1 is 1.39 bits per heavy atom. The van der Waals surface area contributed by atoms with Gasteiger partial charge < -0.3 is 11.1 Å². The lowest BCUT2D eigenvalue weighted by Gasteiger charge is -2.27. The summed E-state index contributed by atoms with van der Waals surface area (Å²) in [5.74, 6) is -2.04. The van der Waals surface area contributed by atoms with Gasteiger partial charge >= 0.3 is 0 Å². The third kappa shape index (κ3) is 4.07. The Kier molecular flexibility index (Phi) is 4.40. The van der Waals surface area contributed by atoms with Crippen molar-refractivity contribution in [2.45, 2.75) is 38.8 Å². The van der Waals surface area contributed by atoms with Crippen LogP contribution < -0.4 is 11.1 Å². The van der Waals surface area contributed by atoms with Crippen molar-refractivity contribution in [3.8, 4) is 0 Å². The Hall–Kier alpha value is -1.49. The molecule has 3 nitrogen and oxygen atoms in total. The summed E-state index contributed by atoms with van der Waals surface area (Å²) >= 11 is 0. The standard InChI is InChI=1S/C13H18F2N2O/c1-8(16)12(18)17-13(2,3)7-9-4-5-10(14)11(15)6-9/h4-6,8H,7,16H2,1-3H3,(H,17,18)/t8-/m0/s1. The number of hydrogen-bond donors (Lipinski definition) is 2. The third-order valence-electron chi connectivity index (χ3n) is 2.51. The van der Waals surface area contributed by atoms with Crippen molar-refractivity contribution in [1.29, 1.82) is 0 Å². The molecule has 0 spiro atoms. The first-order chi connectivity index (χ1) is 8.21. The molecule has 0 aromatic heterocycles. The Labute approximate surface area is 105 Å². The van der Waals surface area contributed by atoms with E-state index in [9.17, 15) is 13.6 Å². The maximum absolute atomic E-state index is 13.1. The number of hydrogen-bond acceptors (Lipinski definition) is 2. The molecule has 0 aliphatic heterocycles. The van der Waals surface area contributed by atoms with Crippen molar-refractivity contribution >= 4 is 5.91 Å². The predicted octanol–water partition coefficient (Wildman–Crippen LogP) is 1.75. The van der Waals surface area contributed by atoms with E-state index >= 15 is 0 Å². The summed E-state index contributed by atoms with van der Waals surface area (Å²) in [4.78, 5) is 11.5.